The number of fused-ring (bicyclic) bond motifs is 3. The maximum absolute atomic E-state index is 6.56. The van der Waals surface area contributed by atoms with Crippen LogP contribution in [0.1, 0.15) is 30.5 Å². The molecule has 4 aromatic rings. The normalized spacial score (nSPS) is 12.5. The smallest absolute Gasteiger partial charge is 0.256 e. The summed E-state index contributed by atoms with van der Waals surface area (Å²) in [7, 11) is 2.13. The number of rotatable bonds is 2. The summed E-state index contributed by atoms with van der Waals surface area (Å²) in [6.45, 7) is 8.96. The average Bonchev–Trinajstić information content (AvgIpc) is 2.65. The number of thiol groups is 1. The molecule has 0 saturated heterocycles. The van der Waals surface area contributed by atoms with Crippen LogP contribution in [0.25, 0.3) is 32.9 Å². The van der Waals surface area contributed by atoms with Crippen LogP contribution in [-0.2, 0) is 13.5 Å². The average molecular weight is 401 g/mol. The van der Waals surface area contributed by atoms with E-state index in [0.717, 1.165) is 39.4 Å². The molecule has 1 aliphatic rings. The molecule has 0 bridgehead atoms. The molecule has 5 rings (SSSR count). The molecule has 0 unspecified atom stereocenters. The SMILES string of the molecule is Cc1cc2cc(CC(C)C)cc3c2c(c1C)-c1c(cc2c(S)cccc2[n+]1C)O3. The molecule has 3 heteroatoms. The molecule has 0 fully saturated rings. The third kappa shape index (κ3) is 2.75. The zero-order chi connectivity index (χ0) is 20.4. The standard InChI is InChI=1S/C26H25NOS/c1-14(2)9-17-11-18-10-15(3)16(4)24-25(18)21(12-17)28-22-13-19-20(27(5)26(22)24)7-6-8-23(19)29/h6-8,10-14H,9H2,1-5H3/p+1. The lowest BCUT2D eigenvalue weighted by Gasteiger charge is -2.23. The second kappa shape index (κ2) is 6.50. The summed E-state index contributed by atoms with van der Waals surface area (Å²) in [5.41, 5.74) is 7.56. The highest BCUT2D eigenvalue weighted by Crippen LogP contribution is 2.48. The summed E-state index contributed by atoms with van der Waals surface area (Å²) in [6, 6.07) is 15.3. The van der Waals surface area contributed by atoms with Crippen molar-refractivity contribution in [1.29, 1.82) is 0 Å². The van der Waals surface area contributed by atoms with E-state index in [2.05, 4.69) is 88.3 Å². The van der Waals surface area contributed by atoms with E-state index in [1.807, 2.05) is 6.07 Å². The fraction of sp³-hybridized carbons (Fsp3) is 0.269. The first kappa shape index (κ1) is 18.5. The van der Waals surface area contributed by atoms with E-state index in [0.29, 0.717) is 5.92 Å². The van der Waals surface area contributed by atoms with Crippen molar-refractivity contribution in [1.82, 2.24) is 0 Å². The van der Waals surface area contributed by atoms with Crippen LogP contribution in [0.15, 0.2) is 47.4 Å². The topological polar surface area (TPSA) is 13.1 Å². The fourth-order valence-corrected chi connectivity index (χ4v) is 4.99. The van der Waals surface area contributed by atoms with Gasteiger partial charge in [0.15, 0.2) is 5.75 Å². The Hall–Kier alpha value is -2.52. The van der Waals surface area contributed by atoms with E-state index in [-0.39, 0.29) is 0 Å². The molecular weight excluding hydrogens is 374 g/mol. The number of ether oxygens (including phenoxy) is 1. The minimum absolute atomic E-state index is 0.607. The largest absolute Gasteiger partial charge is 0.450 e. The van der Waals surface area contributed by atoms with Gasteiger partial charge in [-0.15, -0.1) is 12.6 Å². The van der Waals surface area contributed by atoms with Crippen LogP contribution in [0.5, 0.6) is 11.5 Å². The van der Waals surface area contributed by atoms with E-state index in [4.69, 9.17) is 4.74 Å². The Morgan fingerprint density at radius 1 is 1.03 bits per heavy atom. The molecule has 2 nitrogen and oxygen atoms in total. The summed E-state index contributed by atoms with van der Waals surface area (Å²) >= 11 is 4.69. The first-order valence-corrected chi connectivity index (χ1v) is 10.7. The van der Waals surface area contributed by atoms with Crippen LogP contribution in [-0.4, -0.2) is 0 Å². The lowest BCUT2D eigenvalue weighted by molar-refractivity contribution is -0.633. The summed E-state index contributed by atoms with van der Waals surface area (Å²) in [4.78, 5) is 0.968. The lowest BCUT2D eigenvalue weighted by atomic mass is 9.88. The minimum Gasteiger partial charge on any atom is -0.450 e. The molecule has 2 heterocycles. The Balaban J connectivity index is 1.92. The number of nitrogens with zero attached hydrogens (tertiary/aromatic N) is 1. The van der Waals surface area contributed by atoms with Crippen LogP contribution in [0.2, 0.25) is 0 Å². The summed E-state index contributed by atoms with van der Waals surface area (Å²) in [6.07, 6.45) is 1.05. The van der Waals surface area contributed by atoms with Gasteiger partial charge in [-0.25, -0.2) is 0 Å². The molecule has 0 radical (unpaired) electrons. The molecule has 1 aliphatic heterocycles. The van der Waals surface area contributed by atoms with Gasteiger partial charge in [-0.1, -0.05) is 32.0 Å². The lowest BCUT2D eigenvalue weighted by Crippen LogP contribution is -2.33. The number of aryl methyl sites for hydroxylation is 2. The van der Waals surface area contributed by atoms with E-state index in [1.54, 1.807) is 0 Å². The van der Waals surface area contributed by atoms with E-state index >= 15 is 0 Å². The van der Waals surface area contributed by atoms with Gasteiger partial charge in [0.25, 0.3) is 5.69 Å². The van der Waals surface area contributed by atoms with Gasteiger partial charge < -0.3 is 4.74 Å². The molecule has 0 atom stereocenters. The van der Waals surface area contributed by atoms with Gasteiger partial charge in [-0.05, 0) is 60.4 Å². The molecule has 0 amide bonds. The number of hydrogen-bond donors (Lipinski definition) is 1. The number of benzene rings is 3. The van der Waals surface area contributed by atoms with Crippen molar-refractivity contribution in [2.75, 3.05) is 0 Å². The van der Waals surface area contributed by atoms with Crippen molar-refractivity contribution < 1.29 is 9.30 Å². The van der Waals surface area contributed by atoms with Crippen molar-refractivity contribution in [3.05, 3.63) is 59.2 Å². The highest BCUT2D eigenvalue weighted by Gasteiger charge is 2.32. The summed E-state index contributed by atoms with van der Waals surface area (Å²) in [5.74, 6) is 2.49. The van der Waals surface area contributed by atoms with Crippen LogP contribution in [0, 0.1) is 19.8 Å². The summed E-state index contributed by atoms with van der Waals surface area (Å²) in [5, 5.41) is 3.61. The monoisotopic (exact) mass is 400 g/mol. The minimum atomic E-state index is 0.607. The maximum atomic E-state index is 6.56. The number of aromatic nitrogens is 1. The molecule has 0 aliphatic carbocycles. The Morgan fingerprint density at radius 2 is 1.83 bits per heavy atom. The van der Waals surface area contributed by atoms with Crippen molar-refractivity contribution >= 4 is 34.3 Å². The van der Waals surface area contributed by atoms with Gasteiger partial charge in [-0.3, -0.25) is 0 Å². The Kier molecular flexibility index (Phi) is 4.15. The van der Waals surface area contributed by atoms with Crippen LogP contribution in [0.3, 0.4) is 0 Å². The van der Waals surface area contributed by atoms with E-state index in [1.165, 1.54) is 33.0 Å². The molecule has 0 saturated carbocycles. The third-order valence-corrected chi connectivity index (χ3v) is 6.54. The van der Waals surface area contributed by atoms with Gasteiger partial charge in [0.05, 0.1) is 10.9 Å². The second-order valence-corrected chi connectivity index (χ2v) is 9.19. The van der Waals surface area contributed by atoms with Gasteiger partial charge in [0, 0.05) is 22.4 Å². The van der Waals surface area contributed by atoms with Crippen molar-refractivity contribution in [2.45, 2.75) is 39.0 Å². The predicted octanol–water partition coefficient (Wildman–Crippen LogP) is 6.69. The maximum Gasteiger partial charge on any atom is 0.256 e. The molecular formula is C26H26NOS+. The zero-order valence-corrected chi connectivity index (χ0v) is 18.5. The van der Waals surface area contributed by atoms with Crippen molar-refractivity contribution in [3.63, 3.8) is 0 Å². The Labute approximate surface area is 177 Å². The molecule has 146 valence electrons. The first-order valence-electron chi connectivity index (χ1n) is 10.2. The molecule has 0 N–H and O–H groups in total. The van der Waals surface area contributed by atoms with E-state index < -0.39 is 0 Å². The molecule has 3 aromatic carbocycles. The molecule has 29 heavy (non-hydrogen) atoms. The fourth-order valence-electron chi connectivity index (χ4n) is 4.72. The quantitative estimate of drug-likeness (QED) is 0.257. The highest BCUT2D eigenvalue weighted by molar-refractivity contribution is 7.80. The number of hydrogen-bond acceptors (Lipinski definition) is 2. The summed E-state index contributed by atoms with van der Waals surface area (Å²) < 4.78 is 8.82. The highest BCUT2D eigenvalue weighted by atomic mass is 32.1. The number of pyridine rings is 1. The van der Waals surface area contributed by atoms with Crippen LogP contribution < -0.4 is 9.30 Å². The van der Waals surface area contributed by atoms with Gasteiger partial charge >= 0.3 is 0 Å². The second-order valence-electron chi connectivity index (χ2n) is 8.71. The third-order valence-electron chi connectivity index (χ3n) is 6.15. The predicted molar refractivity (Wildman–Crippen MR) is 123 cm³/mol. The van der Waals surface area contributed by atoms with Crippen LogP contribution >= 0.6 is 12.6 Å². The van der Waals surface area contributed by atoms with Crippen molar-refractivity contribution in [3.8, 4) is 22.8 Å². The first-order chi connectivity index (χ1) is 13.8. The van der Waals surface area contributed by atoms with Crippen LogP contribution in [0.4, 0.5) is 0 Å². The van der Waals surface area contributed by atoms with Crippen molar-refractivity contribution in [2.24, 2.45) is 13.0 Å². The van der Waals surface area contributed by atoms with Gasteiger partial charge in [0.2, 0.25) is 5.52 Å². The molecule has 0 spiro atoms. The van der Waals surface area contributed by atoms with Gasteiger partial charge in [-0.2, -0.15) is 4.57 Å². The Morgan fingerprint density at radius 3 is 2.59 bits per heavy atom. The van der Waals surface area contributed by atoms with E-state index in [9.17, 15) is 0 Å². The molecule has 1 aromatic heterocycles. The Bertz CT molecular complexity index is 1320. The van der Waals surface area contributed by atoms with Gasteiger partial charge in [0.1, 0.15) is 12.8 Å². The zero-order valence-electron chi connectivity index (χ0n) is 17.6.